The first-order valence-corrected chi connectivity index (χ1v) is 4.45. The lowest BCUT2D eigenvalue weighted by molar-refractivity contribution is -0.116. The summed E-state index contributed by atoms with van der Waals surface area (Å²) in [6.07, 6.45) is 1.68. The molecule has 0 bridgehead atoms. The third kappa shape index (κ3) is 3.53. The van der Waals surface area contributed by atoms with Crippen LogP contribution >= 0.6 is 0 Å². The van der Waals surface area contributed by atoms with Gasteiger partial charge in [-0.15, -0.1) is 0 Å². The van der Waals surface area contributed by atoms with E-state index in [-0.39, 0.29) is 5.91 Å². The highest BCUT2D eigenvalue weighted by Gasteiger charge is 2.03. The molecule has 76 valence electrons. The average Bonchev–Trinajstić information content (AvgIpc) is 2.01. The summed E-state index contributed by atoms with van der Waals surface area (Å²) < 4.78 is 0. The van der Waals surface area contributed by atoms with E-state index < -0.39 is 0 Å². The number of amides is 1. The van der Waals surface area contributed by atoms with Gasteiger partial charge in [-0.05, 0) is 38.7 Å². The van der Waals surface area contributed by atoms with Crippen molar-refractivity contribution in [3.63, 3.8) is 0 Å². The molecule has 0 radical (unpaired) electrons. The number of likely N-dealkylation sites (N-methyl/N-ethyl adjacent to an activating group) is 1. The molecule has 0 spiro atoms. The molecule has 0 aromatic carbocycles. The van der Waals surface area contributed by atoms with Crippen LogP contribution in [0.2, 0.25) is 0 Å². The van der Waals surface area contributed by atoms with Gasteiger partial charge in [0.15, 0.2) is 0 Å². The smallest absolute Gasteiger partial charge is 0.239 e. The van der Waals surface area contributed by atoms with Crippen molar-refractivity contribution in [2.45, 2.75) is 6.92 Å². The van der Waals surface area contributed by atoms with Gasteiger partial charge in [-0.3, -0.25) is 4.79 Å². The van der Waals surface area contributed by atoms with E-state index in [9.17, 15) is 4.79 Å². The Morgan fingerprint density at radius 3 is 2.86 bits per heavy atom. The molecule has 0 saturated carbocycles. The van der Waals surface area contributed by atoms with E-state index in [1.807, 2.05) is 38.1 Å². The number of hydrogen-bond donors (Lipinski definition) is 1. The summed E-state index contributed by atoms with van der Waals surface area (Å²) in [5.74, 6) is 0.560. The lowest BCUT2D eigenvalue weighted by atomic mass is 10.3. The van der Waals surface area contributed by atoms with Gasteiger partial charge in [0.25, 0.3) is 0 Å². The van der Waals surface area contributed by atoms with Gasteiger partial charge in [0.05, 0.1) is 6.54 Å². The van der Waals surface area contributed by atoms with Crippen LogP contribution in [0, 0.1) is 6.92 Å². The number of nitrogens with one attached hydrogen (secondary N) is 1. The van der Waals surface area contributed by atoms with Gasteiger partial charge in [0.2, 0.25) is 5.91 Å². The van der Waals surface area contributed by atoms with Crippen LogP contribution in [0.25, 0.3) is 0 Å². The van der Waals surface area contributed by atoms with E-state index in [2.05, 4.69) is 10.3 Å². The maximum absolute atomic E-state index is 11.3. The van der Waals surface area contributed by atoms with Gasteiger partial charge in [-0.25, -0.2) is 4.98 Å². The summed E-state index contributed by atoms with van der Waals surface area (Å²) in [6, 6.07) is 3.73. The third-order valence-corrected chi connectivity index (χ3v) is 1.64. The number of anilines is 1. The molecule has 1 amide bonds. The minimum Gasteiger partial charge on any atom is -0.310 e. The Labute approximate surface area is 83.9 Å². The zero-order valence-corrected chi connectivity index (χ0v) is 8.74. The predicted octanol–water partition coefficient (Wildman–Crippen LogP) is 0.890. The maximum Gasteiger partial charge on any atom is 0.239 e. The van der Waals surface area contributed by atoms with Crippen LogP contribution in [0.5, 0.6) is 0 Å². The molecule has 1 aromatic heterocycles. The lowest BCUT2D eigenvalue weighted by Crippen LogP contribution is -2.27. The van der Waals surface area contributed by atoms with Crippen LogP contribution in [0.1, 0.15) is 5.56 Å². The van der Waals surface area contributed by atoms with E-state index in [1.54, 1.807) is 6.20 Å². The van der Waals surface area contributed by atoms with E-state index in [4.69, 9.17) is 0 Å². The largest absolute Gasteiger partial charge is 0.310 e. The zero-order valence-electron chi connectivity index (χ0n) is 8.74. The maximum atomic E-state index is 11.3. The fourth-order valence-corrected chi connectivity index (χ4v) is 1.07. The summed E-state index contributed by atoms with van der Waals surface area (Å²) >= 11 is 0. The summed E-state index contributed by atoms with van der Waals surface area (Å²) in [6.45, 7) is 2.33. The monoisotopic (exact) mass is 193 g/mol. The van der Waals surface area contributed by atoms with Crippen molar-refractivity contribution in [2.75, 3.05) is 26.0 Å². The van der Waals surface area contributed by atoms with Gasteiger partial charge in [-0.1, -0.05) is 0 Å². The van der Waals surface area contributed by atoms with Gasteiger partial charge in [0.1, 0.15) is 5.82 Å². The second-order valence-corrected chi connectivity index (χ2v) is 3.50. The molecule has 0 fully saturated rings. The molecule has 4 nitrogen and oxygen atoms in total. The average molecular weight is 193 g/mol. The first kappa shape index (κ1) is 10.7. The molecular weight excluding hydrogens is 178 g/mol. The highest BCUT2D eigenvalue weighted by atomic mass is 16.2. The molecule has 14 heavy (non-hydrogen) atoms. The normalized spacial score (nSPS) is 10.3. The highest BCUT2D eigenvalue weighted by molar-refractivity contribution is 5.91. The van der Waals surface area contributed by atoms with Crippen molar-refractivity contribution in [3.05, 3.63) is 23.9 Å². The van der Waals surface area contributed by atoms with Crippen LogP contribution in [0.15, 0.2) is 18.3 Å². The molecule has 0 aliphatic rings. The molecular formula is C10H15N3O. The second-order valence-electron chi connectivity index (χ2n) is 3.50. The molecule has 4 heteroatoms. The SMILES string of the molecule is Cc1ccnc(NC(=O)CN(C)C)c1. The molecule has 0 atom stereocenters. The van der Waals surface area contributed by atoms with Crippen LogP contribution in [-0.4, -0.2) is 36.4 Å². The van der Waals surface area contributed by atoms with Crippen molar-refractivity contribution in [1.29, 1.82) is 0 Å². The Morgan fingerprint density at radius 2 is 2.29 bits per heavy atom. The van der Waals surface area contributed by atoms with Gasteiger partial charge < -0.3 is 10.2 Å². The van der Waals surface area contributed by atoms with E-state index in [0.29, 0.717) is 12.4 Å². The number of nitrogens with zero attached hydrogens (tertiary/aromatic N) is 2. The fourth-order valence-electron chi connectivity index (χ4n) is 1.07. The third-order valence-electron chi connectivity index (χ3n) is 1.64. The summed E-state index contributed by atoms with van der Waals surface area (Å²) in [4.78, 5) is 17.2. The second kappa shape index (κ2) is 4.72. The summed E-state index contributed by atoms with van der Waals surface area (Å²) in [7, 11) is 3.70. The highest BCUT2D eigenvalue weighted by Crippen LogP contribution is 2.04. The number of aromatic nitrogens is 1. The first-order valence-electron chi connectivity index (χ1n) is 4.45. The van der Waals surface area contributed by atoms with Crippen molar-refractivity contribution in [1.82, 2.24) is 9.88 Å². The molecule has 1 heterocycles. The Kier molecular flexibility index (Phi) is 3.59. The molecule has 1 rings (SSSR count). The molecule has 1 N–H and O–H groups in total. The van der Waals surface area contributed by atoms with E-state index >= 15 is 0 Å². The summed E-state index contributed by atoms with van der Waals surface area (Å²) in [5, 5.41) is 2.72. The van der Waals surface area contributed by atoms with Crippen molar-refractivity contribution in [2.24, 2.45) is 0 Å². The van der Waals surface area contributed by atoms with Crippen molar-refractivity contribution < 1.29 is 4.79 Å². The quantitative estimate of drug-likeness (QED) is 0.775. The number of aryl methyl sites for hydroxylation is 1. The Morgan fingerprint density at radius 1 is 1.57 bits per heavy atom. The van der Waals surface area contributed by atoms with Gasteiger partial charge >= 0.3 is 0 Å². The first-order chi connectivity index (χ1) is 6.58. The number of hydrogen-bond acceptors (Lipinski definition) is 3. The van der Waals surface area contributed by atoms with Crippen LogP contribution in [0.4, 0.5) is 5.82 Å². The summed E-state index contributed by atoms with van der Waals surface area (Å²) in [5.41, 5.74) is 1.08. The minimum absolute atomic E-state index is 0.0481. The van der Waals surface area contributed by atoms with Crippen LogP contribution < -0.4 is 5.32 Å². The van der Waals surface area contributed by atoms with Gasteiger partial charge in [0, 0.05) is 6.20 Å². The van der Waals surface area contributed by atoms with Crippen molar-refractivity contribution >= 4 is 11.7 Å². The minimum atomic E-state index is -0.0481. The fraction of sp³-hybridized carbons (Fsp3) is 0.400. The number of rotatable bonds is 3. The molecule has 0 aliphatic carbocycles. The molecule has 1 aromatic rings. The topological polar surface area (TPSA) is 45.2 Å². The predicted molar refractivity (Wildman–Crippen MR) is 56.2 cm³/mol. The van der Waals surface area contributed by atoms with E-state index in [0.717, 1.165) is 5.56 Å². The van der Waals surface area contributed by atoms with Crippen LogP contribution in [-0.2, 0) is 4.79 Å². The number of pyridine rings is 1. The standard InChI is InChI=1S/C10H15N3O/c1-8-4-5-11-9(6-8)12-10(14)7-13(2)3/h4-6H,7H2,1-3H3,(H,11,12,14). The number of carbonyl (C=O) groups is 1. The van der Waals surface area contributed by atoms with Crippen LogP contribution in [0.3, 0.4) is 0 Å². The Hall–Kier alpha value is -1.42. The van der Waals surface area contributed by atoms with Crippen molar-refractivity contribution in [3.8, 4) is 0 Å². The molecule has 0 saturated heterocycles. The van der Waals surface area contributed by atoms with Gasteiger partial charge in [-0.2, -0.15) is 0 Å². The Balaban J connectivity index is 2.56. The molecule has 0 aliphatic heterocycles. The number of carbonyl (C=O) groups excluding carboxylic acids is 1. The lowest BCUT2D eigenvalue weighted by Gasteiger charge is -2.09. The zero-order chi connectivity index (χ0) is 10.6. The molecule has 0 unspecified atom stereocenters. The van der Waals surface area contributed by atoms with E-state index in [1.165, 1.54) is 0 Å². The Bertz CT molecular complexity index is 323.